The van der Waals surface area contributed by atoms with E-state index < -0.39 is 6.10 Å². The van der Waals surface area contributed by atoms with Gasteiger partial charge in [-0.25, -0.2) is 4.79 Å². The Hall–Kier alpha value is -1.85. The van der Waals surface area contributed by atoms with Gasteiger partial charge in [0.1, 0.15) is 32.6 Å². The van der Waals surface area contributed by atoms with Crippen LogP contribution in [0.25, 0.3) is 0 Å². The van der Waals surface area contributed by atoms with E-state index in [-0.39, 0.29) is 68.4 Å². The van der Waals surface area contributed by atoms with Crippen molar-refractivity contribution in [1.82, 2.24) is 0 Å². The average Bonchev–Trinajstić information content (AvgIpc) is 3.92. The summed E-state index contributed by atoms with van der Waals surface area (Å²) in [6, 6.07) is 0. The minimum atomic E-state index is -0.722. The Labute approximate surface area is 326 Å². The summed E-state index contributed by atoms with van der Waals surface area (Å²) in [5.41, 5.74) is 0.617. The first-order valence-electron chi connectivity index (χ1n) is 20.8. The molecule has 3 rings (SSSR count). The van der Waals surface area contributed by atoms with Gasteiger partial charge in [0.25, 0.3) is 0 Å². The van der Waals surface area contributed by atoms with Gasteiger partial charge >= 0.3 is 5.97 Å². The fourth-order valence-corrected chi connectivity index (χ4v) is 7.60. The minimum absolute atomic E-state index is 0.0174. The van der Waals surface area contributed by atoms with Gasteiger partial charge in [-0.1, -0.05) is 82.6 Å². The second-order valence-electron chi connectivity index (χ2n) is 15.0. The maximum Gasteiger partial charge on any atom is 0.334 e. The van der Waals surface area contributed by atoms with Crippen molar-refractivity contribution in [2.24, 2.45) is 0 Å². The third-order valence-electron chi connectivity index (χ3n) is 10.5. The van der Waals surface area contributed by atoms with Gasteiger partial charge in [-0.05, 0) is 76.9 Å². The molecule has 0 aliphatic carbocycles. The second-order valence-corrected chi connectivity index (χ2v) is 15.0. The highest BCUT2D eigenvalue weighted by Crippen LogP contribution is 2.36. The normalized spacial score (nSPS) is 25.0. The molecule has 11 heteroatoms. The molecule has 54 heavy (non-hydrogen) atoms. The lowest BCUT2D eigenvalue weighted by atomic mass is 10.0. The molecular weight excluding hydrogens is 692 g/mol. The fraction of sp³-hybridized carbons (Fsp3) is 0.837. The van der Waals surface area contributed by atoms with E-state index in [1.54, 1.807) is 27.4 Å². The molecular formula is C43H72O11. The monoisotopic (exact) mass is 765 g/mol. The Morgan fingerprint density at radius 2 is 1.31 bits per heavy atom. The number of cyclic esters (lactones) is 1. The summed E-state index contributed by atoms with van der Waals surface area (Å²) in [7, 11) is 4.87. The number of esters is 1. The summed E-state index contributed by atoms with van der Waals surface area (Å²) in [4.78, 5) is 12.0. The van der Waals surface area contributed by atoms with Crippen molar-refractivity contribution in [1.29, 1.82) is 0 Å². The van der Waals surface area contributed by atoms with E-state index in [1.165, 1.54) is 44.9 Å². The van der Waals surface area contributed by atoms with Gasteiger partial charge in [-0.3, -0.25) is 0 Å². The molecule has 1 N–H and O–H groups in total. The fourth-order valence-electron chi connectivity index (χ4n) is 7.60. The van der Waals surface area contributed by atoms with Crippen LogP contribution in [0.5, 0.6) is 0 Å². The Kier molecular flexibility index (Phi) is 24.6. The molecule has 0 aromatic heterocycles. The van der Waals surface area contributed by atoms with Crippen molar-refractivity contribution >= 4 is 5.97 Å². The Morgan fingerprint density at radius 3 is 1.87 bits per heavy atom. The first-order chi connectivity index (χ1) is 26.4. The van der Waals surface area contributed by atoms with E-state index in [9.17, 15) is 9.90 Å². The van der Waals surface area contributed by atoms with Crippen molar-refractivity contribution in [3.63, 3.8) is 0 Å². The first-order valence-corrected chi connectivity index (χ1v) is 20.8. The molecule has 3 aliphatic heterocycles. The Balaban J connectivity index is 1.37. The lowest BCUT2D eigenvalue weighted by Gasteiger charge is -2.27. The van der Waals surface area contributed by atoms with Gasteiger partial charge in [0.2, 0.25) is 0 Å². The third-order valence-corrected chi connectivity index (χ3v) is 10.5. The van der Waals surface area contributed by atoms with Gasteiger partial charge in [0, 0.05) is 33.3 Å². The molecule has 3 aliphatic rings. The maximum absolute atomic E-state index is 12.0. The molecule has 0 radical (unpaired) electrons. The summed E-state index contributed by atoms with van der Waals surface area (Å²) in [5.74, 6) is 5.55. The molecule has 2 saturated heterocycles. The molecule has 0 unspecified atom stereocenters. The number of rotatable bonds is 30. The van der Waals surface area contributed by atoms with Crippen LogP contribution in [0.1, 0.15) is 136 Å². The minimum Gasteiger partial charge on any atom is -0.455 e. The Bertz CT molecular complexity index is 1120. The van der Waals surface area contributed by atoms with Crippen LogP contribution in [0.3, 0.4) is 0 Å². The molecule has 11 nitrogen and oxygen atoms in total. The second kappa shape index (κ2) is 28.5. The molecule has 0 bridgehead atoms. The number of carbonyl (C=O) groups excluding carboxylic acids is 1. The van der Waals surface area contributed by atoms with E-state index in [1.807, 2.05) is 19.1 Å². The number of hydrogen-bond donors (Lipinski definition) is 1. The summed E-state index contributed by atoms with van der Waals surface area (Å²) in [6.07, 6.45) is 23.6. The molecule has 3 heterocycles. The van der Waals surface area contributed by atoms with Gasteiger partial charge in [-0.15, -0.1) is 0 Å². The predicted molar refractivity (Wildman–Crippen MR) is 208 cm³/mol. The van der Waals surface area contributed by atoms with Gasteiger partial charge in [0.05, 0.1) is 42.7 Å². The van der Waals surface area contributed by atoms with Crippen molar-refractivity contribution in [3.05, 3.63) is 23.8 Å². The standard InChI is InChI=1S/C43H72O11/c1-6-7-8-9-10-11-12-16-22-37(50-31-47-4)39-24-26-41(53-39)42-27-25-40(54-42)38(51-32-48-5)23-18-17-20-35(44)19-14-13-15-21-36(49-30-46-3)29-34-28-33(2)52-43(34)45/h13,15,28,33,35-42,44H,6-12,16-18,20-27,29-32H2,1-5H3/b15-13+/t33-,35+,36+,37+,38+,39+,40+,41+,42+/m0/s1. The molecule has 0 saturated carbocycles. The van der Waals surface area contributed by atoms with Crippen LogP contribution in [0.2, 0.25) is 0 Å². The number of aliphatic hydroxyl groups excluding tert-OH is 1. The molecule has 2 fully saturated rings. The highest BCUT2D eigenvalue weighted by Gasteiger charge is 2.42. The lowest BCUT2D eigenvalue weighted by molar-refractivity contribution is -0.158. The summed E-state index contributed by atoms with van der Waals surface area (Å²) >= 11 is 0. The Morgan fingerprint density at radius 1 is 0.778 bits per heavy atom. The van der Waals surface area contributed by atoms with E-state index in [0.717, 1.165) is 57.8 Å². The highest BCUT2D eigenvalue weighted by molar-refractivity contribution is 5.90. The van der Waals surface area contributed by atoms with Crippen LogP contribution < -0.4 is 0 Å². The SMILES string of the molecule is CCCCCCCCCC[C@@H](OCOC)[C@H]1CC[C@H]([C@H]2CC[C@H]([C@@H](CCCC[C@H](O)C#C/C=C/C[C@H](CC3=C[C@H](C)OC3=O)OCOC)OCOC)O2)O1. The lowest BCUT2D eigenvalue weighted by Crippen LogP contribution is -2.35. The number of methoxy groups -OCH3 is 3. The van der Waals surface area contributed by atoms with Crippen LogP contribution in [-0.4, -0.2) is 108 Å². The van der Waals surface area contributed by atoms with Crippen molar-refractivity contribution in [3.8, 4) is 11.8 Å². The number of ether oxygens (including phenoxy) is 9. The number of hydrogen-bond acceptors (Lipinski definition) is 11. The number of carbonyl (C=O) groups is 1. The van der Waals surface area contributed by atoms with E-state index in [4.69, 9.17) is 42.6 Å². The number of aliphatic hydroxyl groups is 1. The van der Waals surface area contributed by atoms with Crippen molar-refractivity contribution in [2.75, 3.05) is 41.7 Å². The predicted octanol–water partition coefficient (Wildman–Crippen LogP) is 7.71. The topological polar surface area (TPSA) is 120 Å². The third kappa shape index (κ3) is 18.4. The quantitative estimate of drug-likeness (QED) is 0.0335. The highest BCUT2D eigenvalue weighted by atomic mass is 16.7. The molecule has 9 atom stereocenters. The van der Waals surface area contributed by atoms with Crippen LogP contribution in [0.4, 0.5) is 0 Å². The number of unbranched alkanes of at least 4 members (excludes halogenated alkanes) is 8. The van der Waals surface area contributed by atoms with Gasteiger partial charge in [-0.2, -0.15) is 0 Å². The molecule has 0 aromatic carbocycles. The van der Waals surface area contributed by atoms with Crippen LogP contribution >= 0.6 is 0 Å². The molecule has 0 amide bonds. The zero-order valence-electron chi connectivity index (χ0n) is 34.0. The van der Waals surface area contributed by atoms with Crippen molar-refractivity contribution < 1.29 is 52.5 Å². The van der Waals surface area contributed by atoms with Gasteiger partial charge < -0.3 is 47.7 Å². The smallest absolute Gasteiger partial charge is 0.334 e. The maximum atomic E-state index is 12.0. The first kappa shape index (κ1) is 46.5. The van der Waals surface area contributed by atoms with Crippen LogP contribution in [0, 0.1) is 11.8 Å². The summed E-state index contributed by atoms with van der Waals surface area (Å²) < 4.78 is 52.0. The molecule has 0 aromatic rings. The van der Waals surface area contributed by atoms with Crippen LogP contribution in [-0.2, 0) is 47.4 Å². The summed E-state index contributed by atoms with van der Waals surface area (Å²) in [6.45, 7) is 4.73. The molecule has 0 spiro atoms. The van der Waals surface area contributed by atoms with Crippen LogP contribution in [0.15, 0.2) is 23.8 Å². The zero-order valence-corrected chi connectivity index (χ0v) is 34.0. The average molecular weight is 765 g/mol. The van der Waals surface area contributed by atoms with E-state index >= 15 is 0 Å². The van der Waals surface area contributed by atoms with E-state index in [2.05, 4.69) is 18.8 Å². The summed E-state index contributed by atoms with van der Waals surface area (Å²) in [5, 5.41) is 10.5. The largest absolute Gasteiger partial charge is 0.455 e. The van der Waals surface area contributed by atoms with Gasteiger partial charge in [0.15, 0.2) is 0 Å². The van der Waals surface area contributed by atoms with E-state index in [0.29, 0.717) is 31.6 Å². The molecule has 310 valence electrons. The van der Waals surface area contributed by atoms with Crippen molar-refractivity contribution in [2.45, 2.75) is 191 Å². The number of allylic oxidation sites excluding steroid dienone is 1. The zero-order chi connectivity index (χ0) is 38.8.